The summed E-state index contributed by atoms with van der Waals surface area (Å²) >= 11 is 4.77. The van der Waals surface area contributed by atoms with Crippen molar-refractivity contribution < 1.29 is 9.90 Å². The number of nitrogens with one attached hydrogen (secondary N) is 1. The highest BCUT2D eigenvalue weighted by Crippen LogP contribution is 2.41. The van der Waals surface area contributed by atoms with E-state index < -0.39 is 5.91 Å². The normalized spacial score (nSPS) is 11.5. The third-order valence-electron chi connectivity index (χ3n) is 3.02. The molecule has 1 aromatic carbocycles. The number of thiophene rings is 1. The Hall–Kier alpha value is -1.99. The number of fused-ring (bicyclic) bond motifs is 1. The van der Waals surface area contributed by atoms with E-state index in [0.29, 0.717) is 10.3 Å². The predicted octanol–water partition coefficient (Wildman–Crippen LogP) is 4.93. The molecule has 2 aromatic heterocycles. The number of halogens is 1. The molecule has 7 heteroatoms. The van der Waals surface area contributed by atoms with Crippen molar-refractivity contribution in [3.05, 3.63) is 44.6 Å². The van der Waals surface area contributed by atoms with Crippen LogP contribution in [0.3, 0.4) is 0 Å². The number of azo groups is 1. The number of aromatic amines is 1. The highest BCUT2D eigenvalue weighted by atomic mass is 79.9. The maximum absolute atomic E-state index is 11.8. The lowest BCUT2D eigenvalue weighted by Crippen LogP contribution is -1.87. The van der Waals surface area contributed by atoms with Crippen LogP contribution < -0.4 is 0 Å². The minimum Gasteiger partial charge on any atom is -0.493 e. The number of rotatable bonds is 2. The molecule has 0 fully saturated rings. The maximum atomic E-state index is 11.8. The fourth-order valence-corrected chi connectivity index (χ4v) is 3.10. The Kier molecular flexibility index (Phi) is 3.60. The van der Waals surface area contributed by atoms with Crippen LogP contribution in [0.4, 0.5) is 5.69 Å². The van der Waals surface area contributed by atoms with Gasteiger partial charge in [0.05, 0.1) is 10.4 Å². The molecule has 106 valence electrons. The second-order valence-electron chi connectivity index (χ2n) is 4.42. The molecule has 21 heavy (non-hydrogen) atoms. The molecular weight excluding hydrogens is 354 g/mol. The highest BCUT2D eigenvalue weighted by Gasteiger charge is 2.15. The molecule has 0 aliphatic carbocycles. The van der Waals surface area contributed by atoms with Crippen molar-refractivity contribution in [1.29, 1.82) is 0 Å². The lowest BCUT2D eigenvalue weighted by molar-refractivity contribution is 0.0999. The maximum Gasteiger partial charge on any atom is 0.305 e. The molecule has 3 aromatic rings. The Bertz CT molecular complexity index is 853. The van der Waals surface area contributed by atoms with Gasteiger partial charge in [-0.1, -0.05) is 12.1 Å². The molecule has 5 nitrogen and oxygen atoms in total. The molecule has 0 unspecified atom stereocenters. The van der Waals surface area contributed by atoms with Crippen LogP contribution in [0.5, 0.6) is 5.88 Å². The van der Waals surface area contributed by atoms with Gasteiger partial charge in [0, 0.05) is 9.86 Å². The number of hydrogen-bond donors (Lipinski definition) is 2. The first-order valence-corrected chi connectivity index (χ1v) is 7.74. The molecule has 0 aliphatic heterocycles. The van der Waals surface area contributed by atoms with Gasteiger partial charge in [-0.3, -0.25) is 4.79 Å². The molecule has 0 bridgehead atoms. The molecule has 1 amide bonds. The second-order valence-corrected chi connectivity index (χ2v) is 6.16. The van der Waals surface area contributed by atoms with E-state index in [9.17, 15) is 9.90 Å². The molecule has 2 N–H and O–H groups in total. The van der Waals surface area contributed by atoms with Gasteiger partial charge in [0.15, 0.2) is 5.69 Å². The number of benzene rings is 1. The summed E-state index contributed by atoms with van der Waals surface area (Å²) < 4.78 is 0.814. The van der Waals surface area contributed by atoms with Crippen LogP contribution in [0.25, 0.3) is 10.9 Å². The fourth-order valence-electron chi connectivity index (χ4n) is 1.96. The number of nitrogens with zero attached hydrogens (tertiary/aromatic N) is 2. The van der Waals surface area contributed by atoms with Gasteiger partial charge < -0.3 is 10.1 Å². The van der Waals surface area contributed by atoms with Gasteiger partial charge in [-0.05, 0) is 45.9 Å². The third-order valence-corrected chi connectivity index (χ3v) is 4.90. The van der Waals surface area contributed by atoms with E-state index in [2.05, 4.69) is 31.1 Å². The van der Waals surface area contributed by atoms with Crippen LogP contribution in [-0.2, 0) is 0 Å². The Morgan fingerprint density at radius 1 is 1.38 bits per heavy atom. The predicted molar refractivity (Wildman–Crippen MR) is 85.6 cm³/mol. The van der Waals surface area contributed by atoms with Gasteiger partial charge in [-0.15, -0.1) is 21.6 Å². The minimum absolute atomic E-state index is 0.112. The highest BCUT2D eigenvalue weighted by molar-refractivity contribution is 9.10. The van der Waals surface area contributed by atoms with Gasteiger partial charge in [-0.2, -0.15) is 0 Å². The minimum atomic E-state index is -0.428. The van der Waals surface area contributed by atoms with Crippen molar-refractivity contribution in [3.63, 3.8) is 0 Å². The average Bonchev–Trinajstić information content (AvgIpc) is 3.08. The third kappa shape index (κ3) is 2.50. The van der Waals surface area contributed by atoms with Crippen molar-refractivity contribution in [2.45, 2.75) is 6.92 Å². The van der Waals surface area contributed by atoms with E-state index >= 15 is 0 Å². The van der Waals surface area contributed by atoms with E-state index in [1.807, 2.05) is 19.1 Å². The standard InChI is InChI=1S/C14H10BrN3O2S/c1-7-4-5-8-10(11(7)15)12(14(20)16-8)17-18-13(19)9-3-2-6-21-9/h2-6,16,20H,1H3. The monoisotopic (exact) mass is 363 g/mol. The average molecular weight is 364 g/mol. The van der Waals surface area contributed by atoms with Crippen LogP contribution in [-0.4, -0.2) is 16.0 Å². The number of H-pyrrole nitrogens is 1. The molecule has 3 rings (SSSR count). The Labute approximate surface area is 132 Å². The fraction of sp³-hybridized carbons (Fsp3) is 0.0714. The number of aryl methyl sites for hydroxylation is 1. The number of aromatic hydroxyl groups is 1. The summed E-state index contributed by atoms with van der Waals surface area (Å²) in [4.78, 5) is 15.2. The Morgan fingerprint density at radius 3 is 2.90 bits per heavy atom. The largest absolute Gasteiger partial charge is 0.493 e. The molecule has 0 atom stereocenters. The van der Waals surface area contributed by atoms with E-state index in [1.54, 1.807) is 17.5 Å². The van der Waals surface area contributed by atoms with Crippen molar-refractivity contribution in [2.24, 2.45) is 10.2 Å². The molecule has 0 aliphatic rings. The van der Waals surface area contributed by atoms with Gasteiger partial charge >= 0.3 is 5.91 Å². The van der Waals surface area contributed by atoms with Crippen molar-refractivity contribution >= 4 is 49.8 Å². The SMILES string of the molecule is Cc1ccc2[nH]c(O)c(N=NC(=O)c3cccs3)c2c1Br. The summed E-state index contributed by atoms with van der Waals surface area (Å²) in [5.41, 5.74) is 1.98. The number of amides is 1. The number of carbonyl (C=O) groups is 1. The lowest BCUT2D eigenvalue weighted by Gasteiger charge is -1.99. The summed E-state index contributed by atoms with van der Waals surface area (Å²) in [6.45, 7) is 1.94. The van der Waals surface area contributed by atoms with E-state index in [0.717, 1.165) is 15.6 Å². The molecular formula is C14H10BrN3O2S. The lowest BCUT2D eigenvalue weighted by atomic mass is 10.1. The van der Waals surface area contributed by atoms with Gasteiger partial charge in [0.1, 0.15) is 0 Å². The zero-order valence-corrected chi connectivity index (χ0v) is 13.3. The van der Waals surface area contributed by atoms with E-state index in [4.69, 9.17) is 0 Å². The molecule has 2 heterocycles. The smallest absolute Gasteiger partial charge is 0.305 e. The topological polar surface area (TPSA) is 77.8 Å². The summed E-state index contributed by atoms with van der Waals surface area (Å²) in [5.74, 6) is -0.540. The van der Waals surface area contributed by atoms with E-state index in [-0.39, 0.29) is 11.6 Å². The van der Waals surface area contributed by atoms with Crippen molar-refractivity contribution in [3.8, 4) is 5.88 Å². The van der Waals surface area contributed by atoms with Crippen molar-refractivity contribution in [1.82, 2.24) is 4.98 Å². The number of aromatic nitrogens is 1. The van der Waals surface area contributed by atoms with E-state index in [1.165, 1.54) is 11.3 Å². The van der Waals surface area contributed by atoms with Crippen LogP contribution in [0.15, 0.2) is 44.3 Å². The summed E-state index contributed by atoms with van der Waals surface area (Å²) in [5, 5.41) is 20.1. The zero-order chi connectivity index (χ0) is 15.0. The first-order chi connectivity index (χ1) is 10.1. The molecule has 0 saturated heterocycles. The molecule has 0 saturated carbocycles. The zero-order valence-electron chi connectivity index (χ0n) is 10.9. The number of carbonyl (C=O) groups excluding carboxylic acids is 1. The second kappa shape index (κ2) is 5.42. The number of hydrogen-bond acceptors (Lipinski definition) is 4. The Balaban J connectivity index is 2.06. The summed E-state index contributed by atoms with van der Waals surface area (Å²) in [6, 6.07) is 7.22. The molecule has 0 radical (unpaired) electrons. The van der Waals surface area contributed by atoms with Crippen LogP contribution in [0, 0.1) is 6.92 Å². The summed E-state index contributed by atoms with van der Waals surface area (Å²) in [6.07, 6.45) is 0. The Morgan fingerprint density at radius 2 is 2.19 bits per heavy atom. The first-order valence-electron chi connectivity index (χ1n) is 6.07. The molecule has 0 spiro atoms. The van der Waals surface area contributed by atoms with Crippen LogP contribution in [0.2, 0.25) is 0 Å². The summed E-state index contributed by atoms with van der Waals surface area (Å²) in [7, 11) is 0. The first kappa shape index (κ1) is 14.0. The van der Waals surface area contributed by atoms with Gasteiger partial charge in [0.2, 0.25) is 5.88 Å². The van der Waals surface area contributed by atoms with Crippen molar-refractivity contribution in [2.75, 3.05) is 0 Å². The van der Waals surface area contributed by atoms with Gasteiger partial charge in [-0.25, -0.2) is 0 Å². The van der Waals surface area contributed by atoms with Crippen LogP contribution in [0.1, 0.15) is 15.2 Å². The van der Waals surface area contributed by atoms with Crippen LogP contribution >= 0.6 is 27.3 Å². The quantitative estimate of drug-likeness (QED) is 0.633. The van der Waals surface area contributed by atoms with Gasteiger partial charge in [0.25, 0.3) is 0 Å².